The van der Waals surface area contributed by atoms with E-state index < -0.39 is 5.60 Å². The average molecular weight is 291 g/mol. The summed E-state index contributed by atoms with van der Waals surface area (Å²) in [5.74, 6) is 0.763. The highest BCUT2D eigenvalue weighted by atomic mass is 16.5. The van der Waals surface area contributed by atoms with Crippen molar-refractivity contribution < 1.29 is 14.6 Å². The summed E-state index contributed by atoms with van der Waals surface area (Å²) in [6.07, 6.45) is 3.16. The molecule has 116 valence electrons. The SMILES string of the molecule is CCCOc1cccc(C(=O)N2CCCC(C)(O)CC2)c1. The van der Waals surface area contributed by atoms with Gasteiger partial charge < -0.3 is 14.7 Å². The molecule has 0 spiro atoms. The minimum Gasteiger partial charge on any atom is -0.494 e. The van der Waals surface area contributed by atoms with Crippen LogP contribution in [0.15, 0.2) is 24.3 Å². The predicted octanol–water partition coefficient (Wildman–Crippen LogP) is 2.85. The van der Waals surface area contributed by atoms with Gasteiger partial charge in [0.2, 0.25) is 0 Å². The van der Waals surface area contributed by atoms with E-state index in [0.29, 0.717) is 31.7 Å². The first-order valence-electron chi connectivity index (χ1n) is 7.76. The van der Waals surface area contributed by atoms with Crippen molar-refractivity contribution in [1.29, 1.82) is 0 Å². The molecule has 1 aliphatic rings. The van der Waals surface area contributed by atoms with Gasteiger partial charge in [-0.25, -0.2) is 0 Å². The molecule has 0 aliphatic carbocycles. The summed E-state index contributed by atoms with van der Waals surface area (Å²) >= 11 is 0. The van der Waals surface area contributed by atoms with Crippen LogP contribution in [0.2, 0.25) is 0 Å². The Labute approximate surface area is 126 Å². The molecule has 1 aromatic carbocycles. The highest BCUT2D eigenvalue weighted by molar-refractivity contribution is 5.94. The third-order valence-electron chi connectivity index (χ3n) is 3.90. The van der Waals surface area contributed by atoms with Gasteiger partial charge in [-0.15, -0.1) is 0 Å². The van der Waals surface area contributed by atoms with Gasteiger partial charge in [-0.1, -0.05) is 13.0 Å². The van der Waals surface area contributed by atoms with Crippen LogP contribution in [-0.4, -0.2) is 41.2 Å². The monoisotopic (exact) mass is 291 g/mol. The molecule has 1 saturated heterocycles. The molecule has 1 unspecified atom stereocenters. The van der Waals surface area contributed by atoms with Gasteiger partial charge in [0, 0.05) is 18.7 Å². The quantitative estimate of drug-likeness (QED) is 0.928. The molecule has 1 heterocycles. The normalized spacial score (nSPS) is 22.7. The molecule has 1 atom stereocenters. The second-order valence-electron chi connectivity index (χ2n) is 6.02. The number of likely N-dealkylation sites (tertiary alicyclic amines) is 1. The van der Waals surface area contributed by atoms with Crippen LogP contribution in [0.4, 0.5) is 0 Å². The Balaban J connectivity index is 2.05. The minimum absolute atomic E-state index is 0.0228. The molecule has 0 saturated carbocycles. The van der Waals surface area contributed by atoms with Crippen molar-refractivity contribution in [3.05, 3.63) is 29.8 Å². The van der Waals surface area contributed by atoms with E-state index in [1.54, 1.807) is 6.07 Å². The molecule has 0 radical (unpaired) electrons. The van der Waals surface area contributed by atoms with Crippen molar-refractivity contribution in [3.63, 3.8) is 0 Å². The number of hydrogen-bond donors (Lipinski definition) is 1. The van der Waals surface area contributed by atoms with Crippen LogP contribution in [0.5, 0.6) is 5.75 Å². The third kappa shape index (κ3) is 4.46. The Hall–Kier alpha value is -1.55. The van der Waals surface area contributed by atoms with Crippen LogP contribution in [0.25, 0.3) is 0 Å². The first-order valence-corrected chi connectivity index (χ1v) is 7.76. The Morgan fingerprint density at radius 2 is 2.19 bits per heavy atom. The molecular formula is C17H25NO3. The van der Waals surface area contributed by atoms with Gasteiger partial charge in [0.1, 0.15) is 5.75 Å². The number of rotatable bonds is 4. The van der Waals surface area contributed by atoms with Crippen LogP contribution >= 0.6 is 0 Å². The Bertz CT molecular complexity index is 485. The summed E-state index contributed by atoms with van der Waals surface area (Å²) in [6.45, 7) is 5.86. The summed E-state index contributed by atoms with van der Waals surface area (Å²) in [6, 6.07) is 7.36. The van der Waals surface area contributed by atoms with Crippen LogP contribution in [0.1, 0.15) is 49.9 Å². The topological polar surface area (TPSA) is 49.8 Å². The number of hydrogen-bond acceptors (Lipinski definition) is 3. The van der Waals surface area contributed by atoms with Crippen LogP contribution < -0.4 is 4.74 Å². The molecular weight excluding hydrogens is 266 g/mol. The highest BCUT2D eigenvalue weighted by Gasteiger charge is 2.27. The Morgan fingerprint density at radius 1 is 1.38 bits per heavy atom. The molecule has 0 bridgehead atoms. The number of carbonyl (C=O) groups excluding carboxylic acids is 1. The van der Waals surface area contributed by atoms with Gasteiger partial charge >= 0.3 is 0 Å². The highest BCUT2D eigenvalue weighted by Crippen LogP contribution is 2.23. The summed E-state index contributed by atoms with van der Waals surface area (Å²) in [4.78, 5) is 14.4. The van der Waals surface area contributed by atoms with Gasteiger partial charge in [-0.05, 0) is 50.8 Å². The molecule has 2 rings (SSSR count). The first kappa shape index (κ1) is 15.8. The fourth-order valence-corrected chi connectivity index (χ4v) is 2.59. The molecule has 1 amide bonds. The average Bonchev–Trinajstić information content (AvgIpc) is 2.65. The van der Waals surface area contributed by atoms with E-state index in [1.807, 2.05) is 30.0 Å². The number of carbonyl (C=O) groups is 1. The molecule has 1 aromatic rings. The molecule has 4 heteroatoms. The second kappa shape index (κ2) is 6.94. The van der Waals surface area contributed by atoms with Gasteiger partial charge in [0.25, 0.3) is 5.91 Å². The number of aliphatic hydroxyl groups is 1. The van der Waals surface area contributed by atoms with Crippen molar-refractivity contribution >= 4 is 5.91 Å². The fraction of sp³-hybridized carbons (Fsp3) is 0.588. The van der Waals surface area contributed by atoms with Gasteiger partial charge in [0.15, 0.2) is 0 Å². The Kier molecular flexibility index (Phi) is 5.23. The zero-order chi connectivity index (χ0) is 15.3. The van der Waals surface area contributed by atoms with Crippen molar-refractivity contribution in [3.8, 4) is 5.75 Å². The lowest BCUT2D eigenvalue weighted by atomic mass is 9.98. The summed E-state index contributed by atoms with van der Waals surface area (Å²) in [5, 5.41) is 10.1. The first-order chi connectivity index (χ1) is 10.0. The summed E-state index contributed by atoms with van der Waals surface area (Å²) in [7, 11) is 0. The molecule has 21 heavy (non-hydrogen) atoms. The standard InChI is InChI=1S/C17H25NO3/c1-3-12-21-15-7-4-6-14(13-15)16(19)18-10-5-8-17(2,20)9-11-18/h4,6-7,13,20H,3,5,8-12H2,1-2H3. The van der Waals surface area contributed by atoms with Gasteiger partial charge in [-0.2, -0.15) is 0 Å². The van der Waals surface area contributed by atoms with Crippen molar-refractivity contribution in [2.75, 3.05) is 19.7 Å². The second-order valence-corrected chi connectivity index (χ2v) is 6.02. The zero-order valence-corrected chi connectivity index (χ0v) is 13.0. The lowest BCUT2D eigenvalue weighted by Gasteiger charge is -2.22. The predicted molar refractivity (Wildman–Crippen MR) is 82.6 cm³/mol. The lowest BCUT2D eigenvalue weighted by Crippen LogP contribution is -2.33. The maximum atomic E-state index is 12.6. The van der Waals surface area contributed by atoms with Crippen molar-refractivity contribution in [2.45, 2.75) is 45.1 Å². The van der Waals surface area contributed by atoms with Gasteiger partial charge in [0.05, 0.1) is 12.2 Å². The van der Waals surface area contributed by atoms with E-state index >= 15 is 0 Å². The summed E-state index contributed by atoms with van der Waals surface area (Å²) < 4.78 is 5.58. The molecule has 1 fully saturated rings. The van der Waals surface area contributed by atoms with E-state index in [0.717, 1.165) is 25.0 Å². The van der Waals surface area contributed by atoms with Crippen LogP contribution in [0.3, 0.4) is 0 Å². The largest absolute Gasteiger partial charge is 0.494 e. The number of ether oxygens (including phenoxy) is 1. The maximum absolute atomic E-state index is 12.6. The molecule has 1 N–H and O–H groups in total. The van der Waals surface area contributed by atoms with E-state index in [-0.39, 0.29) is 5.91 Å². The number of benzene rings is 1. The number of nitrogens with zero attached hydrogens (tertiary/aromatic N) is 1. The molecule has 0 aromatic heterocycles. The zero-order valence-electron chi connectivity index (χ0n) is 13.0. The van der Waals surface area contributed by atoms with Crippen LogP contribution in [0, 0.1) is 0 Å². The van der Waals surface area contributed by atoms with E-state index in [2.05, 4.69) is 6.92 Å². The van der Waals surface area contributed by atoms with E-state index in [1.165, 1.54) is 0 Å². The maximum Gasteiger partial charge on any atom is 0.253 e. The molecule has 4 nitrogen and oxygen atoms in total. The fourth-order valence-electron chi connectivity index (χ4n) is 2.59. The minimum atomic E-state index is -0.652. The summed E-state index contributed by atoms with van der Waals surface area (Å²) in [5.41, 5.74) is 0.00587. The van der Waals surface area contributed by atoms with Gasteiger partial charge in [-0.3, -0.25) is 4.79 Å². The number of amides is 1. The van der Waals surface area contributed by atoms with Crippen molar-refractivity contribution in [1.82, 2.24) is 4.90 Å². The smallest absolute Gasteiger partial charge is 0.253 e. The van der Waals surface area contributed by atoms with E-state index in [9.17, 15) is 9.90 Å². The van der Waals surface area contributed by atoms with E-state index in [4.69, 9.17) is 4.74 Å². The van der Waals surface area contributed by atoms with Crippen LogP contribution in [-0.2, 0) is 0 Å². The molecule has 1 aliphatic heterocycles. The van der Waals surface area contributed by atoms with Crippen molar-refractivity contribution in [2.24, 2.45) is 0 Å². The Morgan fingerprint density at radius 3 is 2.95 bits per heavy atom. The lowest BCUT2D eigenvalue weighted by molar-refractivity contribution is 0.0438. The third-order valence-corrected chi connectivity index (χ3v) is 3.90.